The minimum atomic E-state index is -0.183. The highest BCUT2D eigenvalue weighted by molar-refractivity contribution is 5.95. The van der Waals surface area contributed by atoms with E-state index < -0.39 is 0 Å². The lowest BCUT2D eigenvalue weighted by atomic mass is 10.1. The van der Waals surface area contributed by atoms with E-state index >= 15 is 0 Å². The summed E-state index contributed by atoms with van der Waals surface area (Å²) in [4.78, 5) is 13.8. The number of carbonyl (C=O) groups excluding carboxylic acids is 1. The monoisotopic (exact) mass is 366 g/mol. The fourth-order valence-corrected chi connectivity index (χ4v) is 3.22. The zero-order valence-electron chi connectivity index (χ0n) is 16.1. The summed E-state index contributed by atoms with van der Waals surface area (Å²) < 4.78 is 5.60. The molecule has 0 spiro atoms. The van der Waals surface area contributed by atoms with Crippen molar-refractivity contribution >= 4 is 11.6 Å². The maximum Gasteiger partial charge on any atom is 0.271 e. The van der Waals surface area contributed by atoms with Crippen LogP contribution in [-0.4, -0.2) is 30.8 Å². The molecular formula is C22H28N3O2+. The Balaban J connectivity index is 1.46. The lowest BCUT2D eigenvalue weighted by Crippen LogP contribution is -3.11. The van der Waals surface area contributed by atoms with Crippen LogP contribution in [0, 0.1) is 0 Å². The third-order valence-corrected chi connectivity index (χ3v) is 4.64. The molecule has 0 atom stereocenters. The molecule has 27 heavy (non-hydrogen) atoms. The molecule has 2 aromatic rings. The van der Waals surface area contributed by atoms with E-state index in [1.54, 1.807) is 17.0 Å². The third kappa shape index (κ3) is 5.93. The number of nitrogens with zero attached hydrogens (tertiary/aromatic N) is 1. The third-order valence-electron chi connectivity index (χ3n) is 4.64. The lowest BCUT2D eigenvalue weighted by Gasteiger charge is -2.24. The van der Waals surface area contributed by atoms with Gasteiger partial charge in [0.25, 0.3) is 5.91 Å². The van der Waals surface area contributed by atoms with Gasteiger partial charge in [0.15, 0.2) is 0 Å². The zero-order valence-corrected chi connectivity index (χ0v) is 16.1. The van der Waals surface area contributed by atoms with Gasteiger partial charge in [-0.2, -0.15) is 5.10 Å². The molecule has 1 aliphatic rings. The van der Waals surface area contributed by atoms with Gasteiger partial charge in [0, 0.05) is 29.7 Å². The summed E-state index contributed by atoms with van der Waals surface area (Å²) in [6.45, 7) is 7.09. The van der Waals surface area contributed by atoms with E-state index in [0.29, 0.717) is 5.56 Å². The molecule has 1 fully saturated rings. The van der Waals surface area contributed by atoms with E-state index in [0.717, 1.165) is 43.9 Å². The highest BCUT2D eigenvalue weighted by Gasteiger charge is 2.19. The Kier molecular flexibility index (Phi) is 6.60. The van der Waals surface area contributed by atoms with Crippen LogP contribution in [0.3, 0.4) is 0 Å². The Bertz CT molecular complexity index is 760. The van der Waals surface area contributed by atoms with Crippen LogP contribution in [0.4, 0.5) is 0 Å². The molecule has 3 rings (SSSR count). The number of hydrogen-bond acceptors (Lipinski definition) is 3. The first kappa shape index (κ1) is 19.1. The van der Waals surface area contributed by atoms with Gasteiger partial charge in [-0.25, -0.2) is 5.43 Å². The highest BCUT2D eigenvalue weighted by Crippen LogP contribution is 2.13. The number of benzene rings is 2. The average Bonchev–Trinajstić information content (AvgIpc) is 2.68. The zero-order chi connectivity index (χ0) is 19.1. The number of hydrogen-bond donors (Lipinski definition) is 2. The molecule has 2 aromatic carbocycles. The van der Waals surface area contributed by atoms with Crippen molar-refractivity contribution in [2.45, 2.75) is 39.3 Å². The largest absolute Gasteiger partial charge is 0.491 e. The van der Waals surface area contributed by atoms with Gasteiger partial charge in [0.05, 0.1) is 19.2 Å². The second-order valence-electron chi connectivity index (χ2n) is 7.22. The molecule has 5 nitrogen and oxygen atoms in total. The van der Waals surface area contributed by atoms with E-state index in [4.69, 9.17) is 4.74 Å². The van der Waals surface area contributed by atoms with Crippen molar-refractivity contribution in [3.63, 3.8) is 0 Å². The van der Waals surface area contributed by atoms with Crippen LogP contribution in [-0.2, 0) is 6.54 Å². The van der Waals surface area contributed by atoms with Gasteiger partial charge in [0.1, 0.15) is 12.3 Å². The van der Waals surface area contributed by atoms with Crippen molar-refractivity contribution in [1.29, 1.82) is 0 Å². The summed E-state index contributed by atoms with van der Waals surface area (Å²) in [7, 11) is 0. The fourth-order valence-electron chi connectivity index (χ4n) is 3.22. The number of ether oxygens (including phenoxy) is 1. The number of nitrogens with one attached hydrogen (secondary N) is 2. The molecule has 0 radical (unpaired) electrons. The van der Waals surface area contributed by atoms with Crippen LogP contribution < -0.4 is 15.1 Å². The van der Waals surface area contributed by atoms with E-state index in [2.05, 4.69) is 34.8 Å². The molecule has 5 heteroatoms. The van der Waals surface area contributed by atoms with Crippen molar-refractivity contribution in [2.75, 3.05) is 13.1 Å². The van der Waals surface area contributed by atoms with Gasteiger partial charge in [-0.15, -0.1) is 0 Å². The number of piperidine rings is 1. The first-order valence-corrected chi connectivity index (χ1v) is 9.60. The summed E-state index contributed by atoms with van der Waals surface area (Å²) in [5.41, 5.74) is 5.71. The van der Waals surface area contributed by atoms with Crippen molar-refractivity contribution < 1.29 is 14.4 Å². The fraction of sp³-hybridized carbons (Fsp3) is 0.364. The van der Waals surface area contributed by atoms with Gasteiger partial charge in [-0.3, -0.25) is 4.79 Å². The molecular weight excluding hydrogens is 338 g/mol. The predicted octanol–water partition coefficient (Wildman–Crippen LogP) is 2.44. The standard InChI is InChI=1S/C22H27N3O2/c1-17(2)27-21-10-8-19(9-11-21)22(26)24-23-20-12-14-25(15-13-20)16-18-6-4-3-5-7-18/h3-11,17H,12-16H2,1-2H3,(H,24,26)/p+1. The second kappa shape index (κ2) is 9.33. The van der Waals surface area contributed by atoms with Crippen molar-refractivity contribution in [1.82, 2.24) is 5.43 Å². The van der Waals surface area contributed by atoms with Crippen molar-refractivity contribution in [3.8, 4) is 5.75 Å². The van der Waals surface area contributed by atoms with Gasteiger partial charge < -0.3 is 9.64 Å². The summed E-state index contributed by atoms with van der Waals surface area (Å²) >= 11 is 0. The maximum absolute atomic E-state index is 12.3. The van der Waals surface area contributed by atoms with Crippen LogP contribution in [0.2, 0.25) is 0 Å². The average molecular weight is 366 g/mol. The Morgan fingerprint density at radius 1 is 1.07 bits per heavy atom. The minimum Gasteiger partial charge on any atom is -0.491 e. The summed E-state index contributed by atoms with van der Waals surface area (Å²) in [6, 6.07) is 17.7. The molecule has 0 aliphatic carbocycles. The van der Waals surface area contributed by atoms with Crippen LogP contribution in [0.15, 0.2) is 59.7 Å². The predicted molar refractivity (Wildman–Crippen MR) is 107 cm³/mol. The second-order valence-corrected chi connectivity index (χ2v) is 7.22. The Morgan fingerprint density at radius 2 is 1.74 bits per heavy atom. The topological polar surface area (TPSA) is 55.1 Å². The summed E-state index contributed by atoms with van der Waals surface area (Å²) in [5, 5.41) is 4.34. The molecule has 2 N–H and O–H groups in total. The Labute approximate surface area is 161 Å². The lowest BCUT2D eigenvalue weighted by molar-refractivity contribution is -0.914. The van der Waals surface area contributed by atoms with Crippen LogP contribution in [0.5, 0.6) is 5.75 Å². The number of quaternary nitrogens is 1. The van der Waals surface area contributed by atoms with Gasteiger partial charge in [0.2, 0.25) is 0 Å². The number of rotatable bonds is 6. The minimum absolute atomic E-state index is 0.117. The molecule has 1 heterocycles. The van der Waals surface area contributed by atoms with E-state index in [1.165, 1.54) is 5.56 Å². The SMILES string of the molecule is CC(C)Oc1ccc(C(=O)NN=C2CC[NH+](Cc3ccccc3)CC2)cc1. The highest BCUT2D eigenvalue weighted by atomic mass is 16.5. The normalized spacial score (nSPS) is 16.9. The number of amides is 1. The number of likely N-dealkylation sites (tertiary alicyclic amines) is 1. The Hall–Kier alpha value is -2.66. The summed E-state index contributed by atoms with van der Waals surface area (Å²) in [5.74, 6) is 0.583. The van der Waals surface area contributed by atoms with Crippen molar-refractivity contribution in [3.05, 3.63) is 65.7 Å². The molecule has 0 bridgehead atoms. The van der Waals surface area contributed by atoms with Crippen LogP contribution >= 0.6 is 0 Å². The van der Waals surface area contributed by atoms with E-state index in [-0.39, 0.29) is 12.0 Å². The maximum atomic E-state index is 12.3. The van der Waals surface area contributed by atoms with Gasteiger partial charge in [-0.1, -0.05) is 30.3 Å². The summed E-state index contributed by atoms with van der Waals surface area (Å²) in [6.07, 6.45) is 1.96. The first-order valence-electron chi connectivity index (χ1n) is 9.60. The molecule has 1 aliphatic heterocycles. The Morgan fingerprint density at radius 3 is 2.37 bits per heavy atom. The quantitative estimate of drug-likeness (QED) is 0.772. The van der Waals surface area contributed by atoms with Crippen LogP contribution in [0.1, 0.15) is 42.6 Å². The molecule has 142 valence electrons. The van der Waals surface area contributed by atoms with E-state index in [1.807, 2.05) is 32.0 Å². The van der Waals surface area contributed by atoms with Gasteiger partial charge >= 0.3 is 0 Å². The number of carbonyl (C=O) groups is 1. The van der Waals surface area contributed by atoms with Gasteiger partial charge in [-0.05, 0) is 38.1 Å². The first-order chi connectivity index (χ1) is 13.1. The molecule has 1 amide bonds. The number of hydrazone groups is 1. The van der Waals surface area contributed by atoms with E-state index in [9.17, 15) is 4.79 Å². The van der Waals surface area contributed by atoms with Crippen molar-refractivity contribution in [2.24, 2.45) is 5.10 Å². The smallest absolute Gasteiger partial charge is 0.271 e. The molecule has 0 aromatic heterocycles. The molecule has 0 unspecified atom stereocenters. The molecule has 0 saturated carbocycles. The van der Waals surface area contributed by atoms with Crippen LogP contribution in [0.25, 0.3) is 0 Å². The molecule has 1 saturated heterocycles.